The molecule has 0 unspecified atom stereocenters. The van der Waals surface area contributed by atoms with Gasteiger partial charge >= 0.3 is 0 Å². The maximum Gasteiger partial charge on any atom is 0.228 e. The van der Waals surface area contributed by atoms with Crippen molar-refractivity contribution in [1.29, 1.82) is 0 Å². The Hall–Kier alpha value is -2.98. The SMILES string of the molecule is Cc1nc(-c2ccccc2NC(=O)Cc2cccc3ccccc23)cs1. The van der Waals surface area contributed by atoms with Crippen molar-refractivity contribution in [3.8, 4) is 11.3 Å². The molecule has 0 spiro atoms. The van der Waals surface area contributed by atoms with Crippen LogP contribution in [0.3, 0.4) is 0 Å². The van der Waals surface area contributed by atoms with E-state index < -0.39 is 0 Å². The summed E-state index contributed by atoms with van der Waals surface area (Å²) in [7, 11) is 0. The molecule has 0 atom stereocenters. The largest absolute Gasteiger partial charge is 0.325 e. The van der Waals surface area contributed by atoms with Crippen LogP contribution in [0.4, 0.5) is 5.69 Å². The van der Waals surface area contributed by atoms with Gasteiger partial charge in [-0.2, -0.15) is 0 Å². The molecule has 0 saturated heterocycles. The number of hydrogen-bond acceptors (Lipinski definition) is 3. The van der Waals surface area contributed by atoms with Crippen molar-refractivity contribution in [1.82, 2.24) is 4.98 Å². The van der Waals surface area contributed by atoms with Gasteiger partial charge < -0.3 is 5.32 Å². The highest BCUT2D eigenvalue weighted by Gasteiger charge is 2.12. The minimum atomic E-state index is -0.0271. The van der Waals surface area contributed by atoms with Crippen molar-refractivity contribution in [2.45, 2.75) is 13.3 Å². The van der Waals surface area contributed by atoms with E-state index in [2.05, 4.69) is 28.5 Å². The zero-order valence-electron chi connectivity index (χ0n) is 14.4. The number of fused-ring (bicyclic) bond motifs is 1. The molecule has 0 saturated carbocycles. The zero-order valence-corrected chi connectivity index (χ0v) is 15.2. The van der Waals surface area contributed by atoms with Crippen LogP contribution >= 0.6 is 11.3 Å². The summed E-state index contributed by atoms with van der Waals surface area (Å²) < 4.78 is 0. The molecule has 1 heterocycles. The molecule has 128 valence electrons. The molecule has 4 rings (SSSR count). The molecule has 3 aromatic carbocycles. The molecular weight excluding hydrogens is 340 g/mol. The van der Waals surface area contributed by atoms with E-state index >= 15 is 0 Å². The molecule has 1 aromatic heterocycles. The van der Waals surface area contributed by atoms with Crippen molar-refractivity contribution in [2.75, 3.05) is 5.32 Å². The number of nitrogens with zero attached hydrogens (tertiary/aromatic N) is 1. The van der Waals surface area contributed by atoms with E-state index in [0.717, 1.165) is 38.3 Å². The lowest BCUT2D eigenvalue weighted by Gasteiger charge is -2.11. The first kappa shape index (κ1) is 16.5. The van der Waals surface area contributed by atoms with E-state index in [-0.39, 0.29) is 5.91 Å². The molecule has 26 heavy (non-hydrogen) atoms. The molecular formula is C22H18N2OS. The number of carbonyl (C=O) groups excluding carboxylic acids is 1. The Bertz CT molecular complexity index is 1080. The Morgan fingerprint density at radius 3 is 2.62 bits per heavy atom. The minimum absolute atomic E-state index is 0.0271. The summed E-state index contributed by atoms with van der Waals surface area (Å²) in [4.78, 5) is 17.2. The maximum atomic E-state index is 12.7. The first-order valence-corrected chi connectivity index (χ1v) is 9.37. The van der Waals surface area contributed by atoms with Gasteiger partial charge in [0.1, 0.15) is 0 Å². The van der Waals surface area contributed by atoms with Gasteiger partial charge in [0.25, 0.3) is 0 Å². The van der Waals surface area contributed by atoms with Crippen LogP contribution in [0.1, 0.15) is 10.6 Å². The number of thiazole rings is 1. The van der Waals surface area contributed by atoms with Crippen molar-refractivity contribution in [3.63, 3.8) is 0 Å². The summed E-state index contributed by atoms with van der Waals surface area (Å²) >= 11 is 1.61. The van der Waals surface area contributed by atoms with E-state index in [9.17, 15) is 4.79 Å². The molecule has 0 aliphatic rings. The molecule has 3 nitrogen and oxygen atoms in total. The topological polar surface area (TPSA) is 42.0 Å². The summed E-state index contributed by atoms with van der Waals surface area (Å²) in [5, 5.41) is 8.36. The lowest BCUT2D eigenvalue weighted by Crippen LogP contribution is -2.15. The standard InChI is InChI=1S/C22H18N2OS/c1-15-23-21(14-26-15)19-11-4-5-12-20(19)24-22(25)13-17-9-6-8-16-7-2-3-10-18(16)17/h2-12,14H,13H2,1H3,(H,24,25). The smallest absolute Gasteiger partial charge is 0.228 e. The number of aryl methyl sites for hydroxylation is 1. The number of aromatic nitrogens is 1. The predicted molar refractivity (Wildman–Crippen MR) is 109 cm³/mol. The van der Waals surface area contributed by atoms with Gasteiger partial charge in [-0.25, -0.2) is 4.98 Å². The Kier molecular flexibility index (Phi) is 4.50. The Morgan fingerprint density at radius 1 is 1.00 bits per heavy atom. The Balaban J connectivity index is 1.59. The molecule has 4 aromatic rings. The summed E-state index contributed by atoms with van der Waals surface area (Å²) in [6.45, 7) is 1.98. The molecule has 0 aliphatic heterocycles. The van der Waals surface area contributed by atoms with Crippen LogP contribution in [-0.4, -0.2) is 10.9 Å². The molecule has 4 heteroatoms. The van der Waals surface area contributed by atoms with Crippen LogP contribution < -0.4 is 5.32 Å². The van der Waals surface area contributed by atoms with Crippen LogP contribution in [0.2, 0.25) is 0 Å². The van der Waals surface area contributed by atoms with E-state index in [4.69, 9.17) is 0 Å². The Labute approximate surface area is 156 Å². The first-order chi connectivity index (χ1) is 12.7. The van der Waals surface area contributed by atoms with Gasteiger partial charge in [-0.3, -0.25) is 4.79 Å². The van der Waals surface area contributed by atoms with Crippen LogP contribution in [0.5, 0.6) is 0 Å². The number of para-hydroxylation sites is 1. The molecule has 0 fully saturated rings. The molecule has 0 aliphatic carbocycles. The molecule has 0 bridgehead atoms. The summed E-state index contributed by atoms with van der Waals surface area (Å²) in [5.41, 5.74) is 3.67. The highest BCUT2D eigenvalue weighted by Crippen LogP contribution is 2.29. The van der Waals surface area contributed by atoms with Gasteiger partial charge in [-0.1, -0.05) is 60.7 Å². The number of benzene rings is 3. The lowest BCUT2D eigenvalue weighted by molar-refractivity contribution is -0.115. The monoisotopic (exact) mass is 358 g/mol. The summed E-state index contributed by atoms with van der Waals surface area (Å²) in [6, 6.07) is 22.0. The average molecular weight is 358 g/mol. The van der Waals surface area contributed by atoms with Gasteiger partial charge in [-0.05, 0) is 29.3 Å². The fourth-order valence-electron chi connectivity index (χ4n) is 3.12. The fraction of sp³-hybridized carbons (Fsp3) is 0.0909. The summed E-state index contributed by atoms with van der Waals surface area (Å²) in [6.07, 6.45) is 0.339. The maximum absolute atomic E-state index is 12.7. The van der Waals surface area contributed by atoms with E-state index in [1.54, 1.807) is 11.3 Å². The normalized spacial score (nSPS) is 10.8. The highest BCUT2D eigenvalue weighted by molar-refractivity contribution is 7.09. The van der Waals surface area contributed by atoms with Gasteiger partial charge in [0.2, 0.25) is 5.91 Å². The van der Waals surface area contributed by atoms with Gasteiger partial charge in [0.05, 0.1) is 22.8 Å². The fourth-order valence-corrected chi connectivity index (χ4v) is 3.73. The number of nitrogens with one attached hydrogen (secondary N) is 1. The number of rotatable bonds is 4. The van der Waals surface area contributed by atoms with Gasteiger partial charge in [0, 0.05) is 10.9 Å². The lowest BCUT2D eigenvalue weighted by atomic mass is 10.0. The van der Waals surface area contributed by atoms with E-state index in [1.165, 1.54) is 0 Å². The molecule has 1 amide bonds. The second-order valence-corrected chi connectivity index (χ2v) is 7.22. The number of carbonyl (C=O) groups is 1. The number of anilines is 1. The second-order valence-electron chi connectivity index (χ2n) is 6.16. The quantitative estimate of drug-likeness (QED) is 0.527. The summed E-state index contributed by atoms with van der Waals surface area (Å²) in [5.74, 6) is -0.0271. The third-order valence-electron chi connectivity index (χ3n) is 4.33. The third-order valence-corrected chi connectivity index (χ3v) is 5.10. The van der Waals surface area contributed by atoms with Crippen molar-refractivity contribution >= 4 is 33.7 Å². The number of hydrogen-bond donors (Lipinski definition) is 1. The van der Waals surface area contributed by atoms with Gasteiger partial charge in [0.15, 0.2) is 0 Å². The first-order valence-electron chi connectivity index (χ1n) is 8.49. The van der Waals surface area contributed by atoms with Crippen LogP contribution in [0, 0.1) is 6.92 Å². The van der Waals surface area contributed by atoms with Gasteiger partial charge in [-0.15, -0.1) is 11.3 Å². The molecule has 0 radical (unpaired) electrons. The highest BCUT2D eigenvalue weighted by atomic mass is 32.1. The van der Waals surface area contributed by atoms with Crippen molar-refractivity contribution < 1.29 is 4.79 Å². The number of amides is 1. The van der Waals surface area contributed by atoms with Crippen LogP contribution in [0.15, 0.2) is 72.1 Å². The average Bonchev–Trinajstić information content (AvgIpc) is 3.09. The van der Waals surface area contributed by atoms with Crippen LogP contribution in [0.25, 0.3) is 22.0 Å². The minimum Gasteiger partial charge on any atom is -0.325 e. The van der Waals surface area contributed by atoms with Crippen LogP contribution in [-0.2, 0) is 11.2 Å². The second kappa shape index (κ2) is 7.10. The Morgan fingerprint density at radius 2 is 1.77 bits per heavy atom. The van der Waals surface area contributed by atoms with Crippen molar-refractivity contribution in [3.05, 3.63) is 82.7 Å². The van der Waals surface area contributed by atoms with Crippen molar-refractivity contribution in [2.24, 2.45) is 0 Å². The van der Waals surface area contributed by atoms with E-state index in [0.29, 0.717) is 6.42 Å². The zero-order chi connectivity index (χ0) is 17.9. The predicted octanol–water partition coefficient (Wildman–Crippen LogP) is 5.45. The third kappa shape index (κ3) is 3.37. The molecule has 1 N–H and O–H groups in total. The van der Waals surface area contributed by atoms with E-state index in [1.807, 2.05) is 60.8 Å².